The molecule has 0 aliphatic heterocycles. The van der Waals surface area contributed by atoms with Crippen LogP contribution in [0, 0.1) is 10.1 Å². The van der Waals surface area contributed by atoms with Gasteiger partial charge in [-0.25, -0.2) is 0 Å². The van der Waals surface area contributed by atoms with Crippen molar-refractivity contribution in [3.05, 3.63) is 28.3 Å². The standard InChI is InChI=1S/C11H13N3O6/c1-20-9-4-6(14(18)19)2-3-8(9)13-10(15)5-7(12)11(16)17/h2-4,7H,5,12H2,1H3,(H,13,15)(H,16,17)/t7-/m1/s1. The average molecular weight is 283 g/mol. The maximum absolute atomic E-state index is 11.6. The van der Waals surface area contributed by atoms with Crippen LogP contribution in [0.4, 0.5) is 11.4 Å². The molecule has 0 saturated heterocycles. The number of rotatable bonds is 6. The number of anilines is 1. The van der Waals surface area contributed by atoms with Gasteiger partial charge in [0.15, 0.2) is 0 Å². The van der Waals surface area contributed by atoms with Crippen molar-refractivity contribution < 1.29 is 30.1 Å². The molecule has 0 aromatic heterocycles. The normalized spacial score (nSPS) is 11.5. The number of amides is 1. The van der Waals surface area contributed by atoms with Crippen molar-refractivity contribution in [3.63, 3.8) is 0 Å². The average Bonchev–Trinajstić information content (AvgIpc) is 2.38. The molecule has 1 aromatic rings. The van der Waals surface area contributed by atoms with Crippen molar-refractivity contribution in [3.8, 4) is 5.75 Å². The lowest BCUT2D eigenvalue weighted by atomic mass is 10.2. The Labute approximate surface area is 113 Å². The summed E-state index contributed by atoms with van der Waals surface area (Å²) in [5.74, 6) is -1.95. The first-order valence-corrected chi connectivity index (χ1v) is 5.51. The molecule has 1 aromatic carbocycles. The summed E-state index contributed by atoms with van der Waals surface area (Å²) < 4.78 is 4.93. The first-order valence-electron chi connectivity index (χ1n) is 5.51. The third kappa shape index (κ3) is 3.92. The molecule has 0 aliphatic rings. The SMILES string of the molecule is COc1cc([N+](=O)[O-])ccc1NC(=O)C[C@@H]([NH3+])C(=O)[O-]. The lowest BCUT2D eigenvalue weighted by Gasteiger charge is -2.12. The molecule has 4 N–H and O–H groups in total. The number of hydrogen-bond acceptors (Lipinski definition) is 6. The minimum atomic E-state index is -1.43. The number of benzene rings is 1. The number of nitro groups is 1. The van der Waals surface area contributed by atoms with Gasteiger partial charge in [0, 0.05) is 6.07 Å². The van der Waals surface area contributed by atoms with Crippen molar-refractivity contribution in [1.29, 1.82) is 0 Å². The van der Waals surface area contributed by atoms with Crippen LogP contribution in [0.3, 0.4) is 0 Å². The van der Waals surface area contributed by atoms with Crippen LogP contribution in [0.1, 0.15) is 6.42 Å². The topological polar surface area (TPSA) is 149 Å². The number of carbonyl (C=O) groups is 2. The molecular weight excluding hydrogens is 270 g/mol. The molecule has 0 spiro atoms. The Morgan fingerprint density at radius 3 is 2.65 bits per heavy atom. The monoisotopic (exact) mass is 283 g/mol. The van der Waals surface area contributed by atoms with E-state index in [1.807, 2.05) is 0 Å². The zero-order chi connectivity index (χ0) is 15.3. The number of carboxylic acid groups (broad SMARTS) is 1. The van der Waals surface area contributed by atoms with E-state index in [4.69, 9.17) is 4.74 Å². The minimum Gasteiger partial charge on any atom is -0.544 e. The number of nitrogens with one attached hydrogen (secondary N) is 1. The zero-order valence-electron chi connectivity index (χ0n) is 10.6. The molecule has 0 radical (unpaired) electrons. The second kappa shape index (κ2) is 6.48. The predicted molar refractivity (Wildman–Crippen MR) is 64.6 cm³/mol. The molecule has 1 rings (SSSR count). The summed E-state index contributed by atoms with van der Waals surface area (Å²) in [6, 6.07) is 2.46. The number of ether oxygens (including phenoxy) is 1. The number of non-ortho nitro benzene ring substituents is 1. The molecule has 0 saturated carbocycles. The van der Waals surface area contributed by atoms with E-state index in [0.717, 1.165) is 6.07 Å². The zero-order valence-corrected chi connectivity index (χ0v) is 10.6. The van der Waals surface area contributed by atoms with Crippen LogP contribution in [0.15, 0.2) is 18.2 Å². The van der Waals surface area contributed by atoms with Crippen LogP contribution < -0.4 is 20.9 Å². The molecule has 0 bridgehead atoms. The fraction of sp³-hybridized carbons (Fsp3) is 0.273. The van der Waals surface area contributed by atoms with Crippen molar-refractivity contribution in [2.24, 2.45) is 0 Å². The van der Waals surface area contributed by atoms with Gasteiger partial charge in [-0.15, -0.1) is 0 Å². The number of nitrogens with zero attached hydrogens (tertiary/aromatic N) is 1. The number of carboxylic acids is 1. The molecule has 0 aliphatic carbocycles. The van der Waals surface area contributed by atoms with Gasteiger partial charge >= 0.3 is 0 Å². The fourth-order valence-electron chi connectivity index (χ4n) is 1.41. The van der Waals surface area contributed by atoms with Crippen molar-refractivity contribution >= 4 is 23.3 Å². The summed E-state index contributed by atoms with van der Waals surface area (Å²) in [6.07, 6.45) is -0.373. The third-order valence-corrected chi connectivity index (χ3v) is 2.44. The van der Waals surface area contributed by atoms with Crippen LogP contribution in [0.2, 0.25) is 0 Å². The molecule has 1 amide bonds. The summed E-state index contributed by atoms with van der Waals surface area (Å²) in [6.45, 7) is 0. The van der Waals surface area contributed by atoms with Gasteiger partial charge in [0.05, 0.1) is 36.2 Å². The van der Waals surface area contributed by atoms with E-state index in [1.54, 1.807) is 0 Å². The summed E-state index contributed by atoms with van der Waals surface area (Å²) in [5.41, 5.74) is 3.27. The second-order valence-electron chi connectivity index (χ2n) is 3.91. The Balaban J connectivity index is 2.84. The number of methoxy groups -OCH3 is 1. The highest BCUT2D eigenvalue weighted by Crippen LogP contribution is 2.28. The quantitative estimate of drug-likeness (QED) is 0.469. The van der Waals surface area contributed by atoms with Gasteiger partial charge in [-0.1, -0.05) is 0 Å². The van der Waals surface area contributed by atoms with Gasteiger partial charge in [-0.05, 0) is 6.07 Å². The number of nitro benzene ring substituents is 1. The van der Waals surface area contributed by atoms with Crippen LogP contribution in [0.5, 0.6) is 5.75 Å². The molecule has 9 heteroatoms. The second-order valence-corrected chi connectivity index (χ2v) is 3.91. The lowest BCUT2D eigenvalue weighted by Crippen LogP contribution is -2.69. The number of hydrogen-bond donors (Lipinski definition) is 2. The maximum Gasteiger partial charge on any atom is 0.273 e. The summed E-state index contributed by atoms with van der Waals surface area (Å²) in [5, 5.41) is 23.5. The van der Waals surface area contributed by atoms with Gasteiger partial charge in [0.25, 0.3) is 5.69 Å². The van der Waals surface area contributed by atoms with E-state index in [9.17, 15) is 24.8 Å². The Morgan fingerprint density at radius 1 is 1.50 bits per heavy atom. The van der Waals surface area contributed by atoms with Crippen LogP contribution in [-0.4, -0.2) is 30.0 Å². The number of aliphatic carboxylic acids is 1. The van der Waals surface area contributed by atoms with Gasteiger partial charge in [0.1, 0.15) is 11.8 Å². The fourth-order valence-corrected chi connectivity index (χ4v) is 1.41. The highest BCUT2D eigenvalue weighted by Gasteiger charge is 2.17. The minimum absolute atomic E-state index is 0.0987. The Morgan fingerprint density at radius 2 is 2.15 bits per heavy atom. The molecule has 0 unspecified atom stereocenters. The molecular formula is C11H13N3O6. The Bertz CT molecular complexity index is 545. The van der Waals surface area contributed by atoms with Crippen molar-refractivity contribution in [2.75, 3.05) is 12.4 Å². The van der Waals surface area contributed by atoms with Crippen LogP contribution in [0.25, 0.3) is 0 Å². The van der Waals surface area contributed by atoms with E-state index in [0.29, 0.717) is 0 Å². The van der Waals surface area contributed by atoms with Gasteiger partial charge < -0.3 is 25.7 Å². The van der Waals surface area contributed by atoms with Crippen molar-refractivity contribution in [2.45, 2.75) is 12.5 Å². The number of quaternary nitrogens is 1. The van der Waals surface area contributed by atoms with Gasteiger partial charge in [-0.2, -0.15) is 0 Å². The number of carbonyl (C=O) groups excluding carboxylic acids is 2. The highest BCUT2D eigenvalue weighted by atomic mass is 16.6. The first kappa shape index (κ1) is 15.4. The first-order chi connectivity index (χ1) is 9.35. The van der Waals surface area contributed by atoms with Crippen LogP contribution in [-0.2, 0) is 9.59 Å². The maximum atomic E-state index is 11.6. The molecule has 0 fully saturated rings. The van der Waals surface area contributed by atoms with E-state index < -0.39 is 22.8 Å². The largest absolute Gasteiger partial charge is 0.544 e. The molecule has 1 atom stereocenters. The van der Waals surface area contributed by atoms with E-state index in [1.165, 1.54) is 19.2 Å². The third-order valence-electron chi connectivity index (χ3n) is 2.44. The lowest BCUT2D eigenvalue weighted by molar-refractivity contribution is -0.436. The van der Waals surface area contributed by atoms with Gasteiger partial charge in [-0.3, -0.25) is 14.9 Å². The summed E-state index contributed by atoms with van der Waals surface area (Å²) in [7, 11) is 1.29. The van der Waals surface area contributed by atoms with Crippen LogP contribution >= 0.6 is 0 Å². The summed E-state index contributed by atoms with van der Waals surface area (Å²) in [4.78, 5) is 32.1. The summed E-state index contributed by atoms with van der Waals surface area (Å²) >= 11 is 0. The van der Waals surface area contributed by atoms with E-state index in [2.05, 4.69) is 11.1 Å². The Hall–Kier alpha value is -2.68. The Kier molecular flexibility index (Phi) is 4.98. The molecule has 0 heterocycles. The molecule has 9 nitrogen and oxygen atoms in total. The molecule has 108 valence electrons. The van der Waals surface area contributed by atoms with E-state index >= 15 is 0 Å². The van der Waals surface area contributed by atoms with Crippen molar-refractivity contribution in [1.82, 2.24) is 0 Å². The predicted octanol–water partition coefficient (Wildman–Crippen LogP) is -1.71. The highest BCUT2D eigenvalue weighted by molar-refractivity contribution is 5.94. The molecule has 20 heavy (non-hydrogen) atoms. The smallest absolute Gasteiger partial charge is 0.273 e. The van der Waals surface area contributed by atoms with E-state index in [-0.39, 0.29) is 23.5 Å². The van der Waals surface area contributed by atoms with Gasteiger partial charge in [0.2, 0.25) is 5.91 Å².